The molecule has 0 unspecified atom stereocenters. The summed E-state index contributed by atoms with van der Waals surface area (Å²) in [6.45, 7) is 4.16. The number of hydrogen-bond donors (Lipinski definition) is 2. The smallest absolute Gasteiger partial charge is 0.272 e. The van der Waals surface area contributed by atoms with Crippen LogP contribution in [0.3, 0.4) is 0 Å². The summed E-state index contributed by atoms with van der Waals surface area (Å²) in [6.07, 6.45) is 0.971. The van der Waals surface area contributed by atoms with Crippen LogP contribution in [0.15, 0.2) is 65.6 Å². The lowest BCUT2D eigenvalue weighted by Crippen LogP contribution is -2.41. The summed E-state index contributed by atoms with van der Waals surface area (Å²) >= 11 is 0. The first-order chi connectivity index (χ1) is 12.9. The van der Waals surface area contributed by atoms with E-state index in [1.807, 2.05) is 18.2 Å². The molecular weight excluding hydrogens is 362 g/mol. The zero-order valence-electron chi connectivity index (χ0n) is 15.1. The summed E-state index contributed by atoms with van der Waals surface area (Å²) in [5.74, 6) is -0.269. The summed E-state index contributed by atoms with van der Waals surface area (Å²) < 4.78 is 24.8. The highest BCUT2D eigenvalue weighted by molar-refractivity contribution is 7.89. The minimum absolute atomic E-state index is 0.0846. The zero-order valence-corrected chi connectivity index (χ0v) is 16.0. The van der Waals surface area contributed by atoms with Crippen molar-refractivity contribution in [3.05, 3.63) is 71.9 Å². The molecule has 6 nitrogen and oxygen atoms in total. The van der Waals surface area contributed by atoms with Gasteiger partial charge >= 0.3 is 0 Å². The van der Waals surface area contributed by atoms with E-state index < -0.39 is 15.9 Å². The van der Waals surface area contributed by atoms with Crippen LogP contribution in [0.5, 0.6) is 0 Å². The van der Waals surface area contributed by atoms with Gasteiger partial charge in [-0.15, -0.1) is 4.83 Å². The van der Waals surface area contributed by atoms with Gasteiger partial charge in [0.15, 0.2) is 0 Å². The Morgan fingerprint density at radius 2 is 1.74 bits per heavy atom. The van der Waals surface area contributed by atoms with Gasteiger partial charge in [-0.05, 0) is 42.2 Å². The van der Waals surface area contributed by atoms with Gasteiger partial charge in [0.1, 0.15) is 5.69 Å². The molecule has 0 aliphatic rings. The van der Waals surface area contributed by atoms with Crippen LogP contribution >= 0.6 is 0 Å². The van der Waals surface area contributed by atoms with Crippen molar-refractivity contribution in [2.75, 3.05) is 0 Å². The molecule has 1 atom stereocenters. The van der Waals surface area contributed by atoms with Gasteiger partial charge in [0, 0.05) is 5.39 Å². The molecule has 2 N–H and O–H groups in total. The number of carbonyl (C=O) groups excluding carboxylic acids is 1. The highest BCUT2D eigenvalue weighted by Crippen LogP contribution is 2.20. The Bertz CT molecular complexity index is 1060. The van der Waals surface area contributed by atoms with E-state index in [2.05, 4.69) is 29.1 Å². The van der Waals surface area contributed by atoms with E-state index in [1.165, 1.54) is 12.1 Å². The molecule has 2 aromatic carbocycles. The second kappa shape index (κ2) is 7.85. The molecule has 0 fully saturated rings. The second-order valence-corrected chi connectivity index (χ2v) is 8.01. The van der Waals surface area contributed by atoms with Crippen molar-refractivity contribution in [1.29, 1.82) is 0 Å². The molecule has 0 aliphatic heterocycles. The van der Waals surface area contributed by atoms with E-state index in [0.29, 0.717) is 11.4 Å². The Kier molecular flexibility index (Phi) is 5.53. The highest BCUT2D eigenvalue weighted by atomic mass is 32.2. The lowest BCUT2D eigenvalue weighted by molar-refractivity contribution is 0.0940. The minimum Gasteiger partial charge on any atom is -0.272 e. The number of sulfonamides is 1. The summed E-state index contributed by atoms with van der Waals surface area (Å²) in [7, 11) is -3.86. The van der Waals surface area contributed by atoms with Crippen molar-refractivity contribution in [2.45, 2.75) is 31.1 Å². The molecular formula is C20H21N3O3S. The van der Waals surface area contributed by atoms with Gasteiger partial charge in [-0.1, -0.05) is 50.2 Å². The zero-order chi connectivity index (χ0) is 19.4. The molecule has 1 heterocycles. The number of carbonyl (C=O) groups is 1. The predicted molar refractivity (Wildman–Crippen MR) is 105 cm³/mol. The van der Waals surface area contributed by atoms with Crippen molar-refractivity contribution in [3.63, 3.8) is 0 Å². The number of hydrogen-bond acceptors (Lipinski definition) is 4. The Balaban J connectivity index is 1.71. The average Bonchev–Trinajstić information content (AvgIpc) is 2.71. The third kappa shape index (κ3) is 4.32. The Labute approximate surface area is 158 Å². The number of para-hydroxylation sites is 1. The molecule has 3 aromatic rings. The summed E-state index contributed by atoms with van der Waals surface area (Å²) in [5, 5.41) is 0.899. The van der Waals surface area contributed by atoms with E-state index >= 15 is 0 Å². The molecule has 0 saturated heterocycles. The summed E-state index contributed by atoms with van der Waals surface area (Å²) in [4.78, 5) is 18.7. The largest absolute Gasteiger partial charge is 0.284 e. The van der Waals surface area contributed by atoms with Crippen molar-refractivity contribution in [3.8, 4) is 0 Å². The van der Waals surface area contributed by atoms with Crippen LogP contribution in [0, 0.1) is 0 Å². The third-order valence-corrected chi connectivity index (χ3v) is 5.77. The molecule has 7 heteroatoms. The first kappa shape index (κ1) is 19.0. The van der Waals surface area contributed by atoms with Crippen molar-refractivity contribution in [1.82, 2.24) is 15.2 Å². The number of benzene rings is 2. The molecule has 140 valence electrons. The highest BCUT2D eigenvalue weighted by Gasteiger charge is 2.17. The molecule has 27 heavy (non-hydrogen) atoms. The van der Waals surface area contributed by atoms with Gasteiger partial charge in [-0.25, -0.2) is 13.4 Å². The van der Waals surface area contributed by atoms with Crippen molar-refractivity contribution >= 4 is 26.8 Å². The van der Waals surface area contributed by atoms with Crippen molar-refractivity contribution < 1.29 is 13.2 Å². The van der Waals surface area contributed by atoms with Crippen LogP contribution in [0.2, 0.25) is 0 Å². The number of rotatable bonds is 6. The first-order valence-electron chi connectivity index (χ1n) is 8.68. The number of fused-ring (bicyclic) bond motifs is 1. The molecule has 1 aromatic heterocycles. The fourth-order valence-electron chi connectivity index (χ4n) is 2.64. The van der Waals surface area contributed by atoms with Crippen LogP contribution in [0.1, 0.15) is 42.2 Å². The number of amides is 1. The van der Waals surface area contributed by atoms with E-state index in [1.54, 1.807) is 30.3 Å². The van der Waals surface area contributed by atoms with Gasteiger partial charge < -0.3 is 0 Å². The van der Waals surface area contributed by atoms with Crippen molar-refractivity contribution in [2.24, 2.45) is 0 Å². The number of aromatic nitrogens is 1. The molecule has 0 bridgehead atoms. The Hall–Kier alpha value is -2.77. The Morgan fingerprint density at radius 1 is 1.04 bits per heavy atom. The maximum atomic E-state index is 12.4. The minimum atomic E-state index is -3.86. The van der Waals surface area contributed by atoms with Gasteiger partial charge in [0.2, 0.25) is 0 Å². The standard InChI is InChI=1S/C20H21N3O3S/c1-3-14(2)15-8-11-17(12-9-15)27(25,26)23-22-20(24)19-13-10-16-6-4-5-7-18(16)21-19/h4-14,23H,3H2,1-2H3,(H,22,24)/t14-/m0/s1. The second-order valence-electron chi connectivity index (χ2n) is 6.33. The number of hydrazine groups is 1. The quantitative estimate of drug-likeness (QED) is 0.639. The lowest BCUT2D eigenvalue weighted by atomic mass is 9.99. The summed E-state index contributed by atoms with van der Waals surface area (Å²) in [5.41, 5.74) is 4.07. The normalized spacial score (nSPS) is 12.7. The Morgan fingerprint density at radius 3 is 2.44 bits per heavy atom. The van der Waals surface area contributed by atoms with Crippen LogP contribution in [-0.2, 0) is 10.0 Å². The van der Waals surface area contributed by atoms with E-state index in [9.17, 15) is 13.2 Å². The van der Waals surface area contributed by atoms with E-state index in [0.717, 1.165) is 17.4 Å². The third-order valence-electron chi connectivity index (χ3n) is 4.50. The molecule has 0 radical (unpaired) electrons. The topological polar surface area (TPSA) is 88.2 Å². The maximum Gasteiger partial charge on any atom is 0.284 e. The number of pyridine rings is 1. The maximum absolute atomic E-state index is 12.4. The SMILES string of the molecule is CC[C@H](C)c1ccc(S(=O)(=O)NNC(=O)c2ccc3ccccc3n2)cc1. The fraction of sp³-hybridized carbons (Fsp3) is 0.200. The van der Waals surface area contributed by atoms with Crippen LogP contribution in [0.4, 0.5) is 0 Å². The molecule has 0 spiro atoms. The average molecular weight is 383 g/mol. The summed E-state index contributed by atoms with van der Waals surface area (Å²) in [6, 6.07) is 17.3. The van der Waals surface area contributed by atoms with Gasteiger partial charge in [0.05, 0.1) is 10.4 Å². The van der Waals surface area contributed by atoms with Gasteiger partial charge in [-0.3, -0.25) is 10.2 Å². The molecule has 0 aliphatic carbocycles. The number of nitrogens with one attached hydrogen (secondary N) is 2. The van der Waals surface area contributed by atoms with E-state index in [-0.39, 0.29) is 10.6 Å². The van der Waals surface area contributed by atoms with Crippen LogP contribution in [-0.4, -0.2) is 19.3 Å². The lowest BCUT2D eigenvalue weighted by Gasteiger charge is -2.11. The van der Waals surface area contributed by atoms with Gasteiger partial charge in [-0.2, -0.15) is 0 Å². The first-order valence-corrected chi connectivity index (χ1v) is 10.2. The van der Waals surface area contributed by atoms with Crippen LogP contribution in [0.25, 0.3) is 10.9 Å². The molecule has 0 saturated carbocycles. The van der Waals surface area contributed by atoms with Crippen LogP contribution < -0.4 is 10.3 Å². The number of nitrogens with zero attached hydrogens (tertiary/aromatic N) is 1. The monoisotopic (exact) mass is 383 g/mol. The predicted octanol–water partition coefficient (Wildman–Crippen LogP) is 3.37. The fourth-order valence-corrected chi connectivity index (χ4v) is 3.48. The molecule has 3 rings (SSSR count). The van der Waals surface area contributed by atoms with E-state index in [4.69, 9.17) is 0 Å². The van der Waals surface area contributed by atoms with Gasteiger partial charge in [0.25, 0.3) is 15.9 Å². The molecule has 1 amide bonds.